The minimum atomic E-state index is -0.455. The molecule has 1 saturated heterocycles. The molecular formula is C23H25NO7. The zero-order valence-corrected chi connectivity index (χ0v) is 17.8. The molecule has 8 heteroatoms. The number of rotatable bonds is 6. The van der Waals surface area contributed by atoms with Gasteiger partial charge in [0.25, 0.3) is 5.91 Å². The maximum atomic E-state index is 12.9. The van der Waals surface area contributed by atoms with E-state index in [1.54, 1.807) is 35.2 Å². The molecule has 1 fully saturated rings. The van der Waals surface area contributed by atoms with Crippen LogP contribution >= 0.6 is 0 Å². The number of nitrogens with zero attached hydrogens (tertiary/aromatic N) is 1. The molecule has 0 unspecified atom stereocenters. The van der Waals surface area contributed by atoms with Gasteiger partial charge in [-0.05, 0) is 49.2 Å². The van der Waals surface area contributed by atoms with Gasteiger partial charge in [-0.15, -0.1) is 0 Å². The van der Waals surface area contributed by atoms with Crippen molar-refractivity contribution >= 4 is 17.8 Å². The summed E-state index contributed by atoms with van der Waals surface area (Å²) in [6, 6.07) is 11.2. The summed E-state index contributed by atoms with van der Waals surface area (Å²) in [5.74, 6) is 0.203. The Morgan fingerprint density at radius 1 is 0.806 bits per heavy atom. The lowest BCUT2D eigenvalue weighted by atomic mass is 9.96. The van der Waals surface area contributed by atoms with Crippen LogP contribution in [0.3, 0.4) is 0 Å². The van der Waals surface area contributed by atoms with Crippen molar-refractivity contribution < 1.29 is 33.3 Å². The maximum Gasteiger partial charge on any atom is 0.337 e. The molecule has 2 aromatic rings. The third-order valence-electron chi connectivity index (χ3n) is 5.21. The molecule has 0 aromatic heterocycles. The lowest BCUT2D eigenvalue weighted by molar-refractivity contribution is -0.140. The van der Waals surface area contributed by atoms with Crippen LogP contribution in [0, 0.1) is 5.92 Å². The Morgan fingerprint density at radius 3 is 1.90 bits per heavy atom. The van der Waals surface area contributed by atoms with Crippen molar-refractivity contribution in [1.29, 1.82) is 0 Å². The molecule has 164 valence electrons. The van der Waals surface area contributed by atoms with Gasteiger partial charge in [-0.25, -0.2) is 4.79 Å². The van der Waals surface area contributed by atoms with Crippen LogP contribution in [0.5, 0.6) is 17.2 Å². The first-order valence-electron chi connectivity index (χ1n) is 9.87. The van der Waals surface area contributed by atoms with Crippen LogP contribution in [0.4, 0.5) is 0 Å². The Hall–Kier alpha value is -3.55. The molecule has 3 rings (SSSR count). The first-order valence-corrected chi connectivity index (χ1v) is 9.87. The molecule has 0 radical (unpaired) electrons. The van der Waals surface area contributed by atoms with Gasteiger partial charge in [0.05, 0.1) is 32.8 Å². The normalized spacial score (nSPS) is 14.0. The zero-order valence-electron chi connectivity index (χ0n) is 17.8. The largest absolute Gasteiger partial charge is 0.497 e. The highest BCUT2D eigenvalue weighted by Gasteiger charge is 2.29. The number of benzene rings is 2. The van der Waals surface area contributed by atoms with Gasteiger partial charge < -0.3 is 23.8 Å². The summed E-state index contributed by atoms with van der Waals surface area (Å²) < 4.78 is 20.5. The molecular weight excluding hydrogens is 402 g/mol. The second-order valence-corrected chi connectivity index (χ2v) is 7.10. The highest BCUT2D eigenvalue weighted by molar-refractivity contribution is 5.95. The van der Waals surface area contributed by atoms with Crippen LogP contribution in [-0.2, 0) is 9.53 Å². The SMILES string of the molecule is COC(=O)c1ccc(OC(=O)C2CCN(C(=O)c3cc(OC)cc(OC)c3)CC2)cc1. The van der Waals surface area contributed by atoms with E-state index in [1.165, 1.54) is 33.5 Å². The van der Waals surface area contributed by atoms with E-state index in [0.29, 0.717) is 54.3 Å². The topological polar surface area (TPSA) is 91.4 Å². The Bertz CT molecular complexity index is 925. The summed E-state index contributed by atoms with van der Waals surface area (Å²) in [7, 11) is 4.37. The lowest BCUT2D eigenvalue weighted by Gasteiger charge is -2.31. The lowest BCUT2D eigenvalue weighted by Crippen LogP contribution is -2.41. The fourth-order valence-electron chi connectivity index (χ4n) is 3.41. The van der Waals surface area contributed by atoms with Crippen molar-refractivity contribution in [2.24, 2.45) is 5.92 Å². The Kier molecular flexibility index (Phi) is 7.12. The van der Waals surface area contributed by atoms with Crippen LogP contribution in [0.15, 0.2) is 42.5 Å². The van der Waals surface area contributed by atoms with E-state index in [-0.39, 0.29) is 17.8 Å². The number of piperidine rings is 1. The minimum Gasteiger partial charge on any atom is -0.497 e. The van der Waals surface area contributed by atoms with Crippen LogP contribution in [0.25, 0.3) is 0 Å². The van der Waals surface area contributed by atoms with E-state index in [1.807, 2.05) is 0 Å². The number of amides is 1. The minimum absolute atomic E-state index is 0.137. The van der Waals surface area contributed by atoms with Crippen LogP contribution in [0.2, 0.25) is 0 Å². The molecule has 1 amide bonds. The van der Waals surface area contributed by atoms with Gasteiger partial charge in [-0.3, -0.25) is 9.59 Å². The molecule has 0 spiro atoms. The van der Waals surface area contributed by atoms with Gasteiger partial charge in [0, 0.05) is 24.7 Å². The van der Waals surface area contributed by atoms with Gasteiger partial charge in [0.15, 0.2) is 0 Å². The molecule has 0 atom stereocenters. The highest BCUT2D eigenvalue weighted by atomic mass is 16.5. The molecule has 2 aromatic carbocycles. The molecule has 0 bridgehead atoms. The molecule has 0 N–H and O–H groups in total. The summed E-state index contributed by atoms with van der Waals surface area (Å²) in [6.07, 6.45) is 1.01. The van der Waals surface area contributed by atoms with E-state index >= 15 is 0 Å². The average Bonchev–Trinajstić information content (AvgIpc) is 2.83. The molecule has 1 aliphatic heterocycles. The molecule has 0 aliphatic carbocycles. The maximum absolute atomic E-state index is 12.9. The number of likely N-dealkylation sites (tertiary alicyclic amines) is 1. The van der Waals surface area contributed by atoms with E-state index in [2.05, 4.69) is 4.74 Å². The number of ether oxygens (including phenoxy) is 4. The molecule has 1 aliphatic rings. The Morgan fingerprint density at radius 2 is 1.39 bits per heavy atom. The summed E-state index contributed by atoms with van der Waals surface area (Å²) in [4.78, 5) is 38.6. The number of carbonyl (C=O) groups is 3. The van der Waals surface area contributed by atoms with Gasteiger partial charge in [-0.1, -0.05) is 0 Å². The van der Waals surface area contributed by atoms with Crippen LogP contribution in [-0.4, -0.2) is 57.2 Å². The monoisotopic (exact) mass is 427 g/mol. The quantitative estimate of drug-likeness (QED) is 0.517. The predicted octanol–water partition coefficient (Wildman–Crippen LogP) is 2.95. The number of esters is 2. The van der Waals surface area contributed by atoms with Gasteiger partial charge in [-0.2, -0.15) is 0 Å². The fraction of sp³-hybridized carbons (Fsp3) is 0.348. The van der Waals surface area contributed by atoms with Gasteiger partial charge in [0.1, 0.15) is 17.2 Å². The second kappa shape index (κ2) is 9.97. The summed E-state index contributed by atoms with van der Waals surface area (Å²) in [6.45, 7) is 0.888. The van der Waals surface area contributed by atoms with E-state index < -0.39 is 5.97 Å². The van der Waals surface area contributed by atoms with Crippen molar-refractivity contribution in [3.05, 3.63) is 53.6 Å². The van der Waals surface area contributed by atoms with E-state index in [9.17, 15) is 14.4 Å². The summed E-state index contributed by atoms with van der Waals surface area (Å²) >= 11 is 0. The number of hydrogen-bond donors (Lipinski definition) is 0. The third-order valence-corrected chi connectivity index (χ3v) is 5.21. The smallest absolute Gasteiger partial charge is 0.337 e. The Labute approximate surface area is 180 Å². The molecule has 0 saturated carbocycles. The number of carbonyl (C=O) groups excluding carboxylic acids is 3. The van der Waals surface area contributed by atoms with E-state index in [4.69, 9.17) is 14.2 Å². The van der Waals surface area contributed by atoms with Crippen molar-refractivity contribution in [3.8, 4) is 17.2 Å². The van der Waals surface area contributed by atoms with Crippen LogP contribution < -0.4 is 14.2 Å². The fourth-order valence-corrected chi connectivity index (χ4v) is 3.41. The molecule has 31 heavy (non-hydrogen) atoms. The number of methoxy groups -OCH3 is 3. The summed E-state index contributed by atoms with van der Waals surface area (Å²) in [5.41, 5.74) is 0.853. The average molecular weight is 427 g/mol. The van der Waals surface area contributed by atoms with Crippen molar-refractivity contribution in [2.75, 3.05) is 34.4 Å². The molecule has 1 heterocycles. The van der Waals surface area contributed by atoms with Crippen molar-refractivity contribution in [2.45, 2.75) is 12.8 Å². The highest BCUT2D eigenvalue weighted by Crippen LogP contribution is 2.26. The second-order valence-electron chi connectivity index (χ2n) is 7.10. The predicted molar refractivity (Wildman–Crippen MR) is 112 cm³/mol. The third kappa shape index (κ3) is 5.33. The van der Waals surface area contributed by atoms with Crippen molar-refractivity contribution in [3.63, 3.8) is 0 Å². The molecule has 8 nitrogen and oxygen atoms in total. The first-order chi connectivity index (χ1) is 14.9. The number of hydrogen-bond acceptors (Lipinski definition) is 7. The standard InChI is InChI=1S/C23H25NO7/c1-28-19-12-17(13-20(14-19)29-2)21(25)24-10-8-16(9-11-24)23(27)31-18-6-4-15(5-7-18)22(26)30-3/h4-7,12-14,16H,8-11H2,1-3H3. The Balaban J connectivity index is 1.57. The van der Waals surface area contributed by atoms with Gasteiger partial charge >= 0.3 is 11.9 Å². The van der Waals surface area contributed by atoms with Crippen LogP contribution in [0.1, 0.15) is 33.6 Å². The van der Waals surface area contributed by atoms with E-state index in [0.717, 1.165) is 0 Å². The van der Waals surface area contributed by atoms with Gasteiger partial charge in [0.2, 0.25) is 0 Å². The van der Waals surface area contributed by atoms with Crippen molar-refractivity contribution in [1.82, 2.24) is 4.90 Å². The summed E-state index contributed by atoms with van der Waals surface area (Å²) in [5, 5.41) is 0. The zero-order chi connectivity index (χ0) is 22.4. The first kappa shape index (κ1) is 22.1.